The van der Waals surface area contributed by atoms with Crippen LogP contribution in [0.15, 0.2) is 0 Å². The van der Waals surface area contributed by atoms with Gasteiger partial charge in [0.25, 0.3) is 0 Å². The molecule has 14 heavy (non-hydrogen) atoms. The molecule has 0 atom stereocenters. The summed E-state index contributed by atoms with van der Waals surface area (Å²) >= 11 is 0. The van der Waals surface area contributed by atoms with Gasteiger partial charge in [-0.2, -0.15) is 0 Å². The van der Waals surface area contributed by atoms with Crippen molar-refractivity contribution in [1.29, 1.82) is 0 Å². The zero-order valence-corrected chi connectivity index (χ0v) is 9.18. The lowest BCUT2D eigenvalue weighted by Crippen LogP contribution is -2.33. The molecule has 3 nitrogen and oxygen atoms in total. The van der Waals surface area contributed by atoms with Gasteiger partial charge in [0.15, 0.2) is 0 Å². The number of rotatable bonds is 4. The first-order chi connectivity index (χ1) is 6.49. The maximum absolute atomic E-state index is 11.5. The molecule has 1 rings (SSSR count). The zero-order chi connectivity index (χ0) is 10.6. The van der Waals surface area contributed by atoms with Crippen LogP contribution in [0.5, 0.6) is 0 Å². The minimum Gasteiger partial charge on any atom is -0.390 e. The Hall–Kier alpha value is -0.570. The highest BCUT2D eigenvalue weighted by molar-refractivity contribution is 5.78. The maximum Gasteiger partial charge on any atom is 0.223 e. The predicted molar refractivity (Wildman–Crippen MR) is 55.9 cm³/mol. The maximum atomic E-state index is 11.5. The van der Waals surface area contributed by atoms with E-state index in [2.05, 4.69) is 5.32 Å². The summed E-state index contributed by atoms with van der Waals surface area (Å²) in [5, 5.41) is 12.3. The summed E-state index contributed by atoms with van der Waals surface area (Å²) in [7, 11) is 0. The number of hydrogen-bond acceptors (Lipinski definition) is 2. The van der Waals surface area contributed by atoms with Crippen LogP contribution in [0.3, 0.4) is 0 Å². The van der Waals surface area contributed by atoms with Crippen LogP contribution < -0.4 is 5.32 Å². The van der Waals surface area contributed by atoms with Gasteiger partial charge < -0.3 is 10.4 Å². The fourth-order valence-corrected chi connectivity index (χ4v) is 1.82. The molecule has 1 aliphatic carbocycles. The van der Waals surface area contributed by atoms with E-state index in [1.54, 1.807) is 13.8 Å². The Kier molecular flexibility index (Phi) is 3.93. The van der Waals surface area contributed by atoms with Gasteiger partial charge >= 0.3 is 0 Å². The van der Waals surface area contributed by atoms with E-state index >= 15 is 0 Å². The Labute approximate surface area is 85.9 Å². The first-order valence-corrected chi connectivity index (χ1v) is 5.49. The standard InChI is InChI=1S/C11H21NO2/c1-11(2,14)7-8-12-10(13)9-5-3-4-6-9/h9,14H,3-8H2,1-2H3,(H,12,13). The second-order valence-electron chi connectivity index (χ2n) is 4.83. The molecule has 0 bridgehead atoms. The summed E-state index contributed by atoms with van der Waals surface area (Å²) in [6.45, 7) is 4.10. The first-order valence-electron chi connectivity index (χ1n) is 5.49. The summed E-state index contributed by atoms with van der Waals surface area (Å²) in [4.78, 5) is 11.5. The van der Waals surface area contributed by atoms with Gasteiger partial charge in [-0.05, 0) is 33.1 Å². The van der Waals surface area contributed by atoms with Gasteiger partial charge in [0.2, 0.25) is 5.91 Å². The number of carbonyl (C=O) groups is 1. The third kappa shape index (κ3) is 4.09. The summed E-state index contributed by atoms with van der Waals surface area (Å²) in [6, 6.07) is 0. The second kappa shape index (κ2) is 4.78. The molecule has 0 radical (unpaired) electrons. The molecule has 1 fully saturated rings. The Morgan fingerprint density at radius 3 is 2.50 bits per heavy atom. The first kappa shape index (κ1) is 11.5. The quantitative estimate of drug-likeness (QED) is 0.720. The normalized spacial score (nSPS) is 18.5. The molecule has 0 aliphatic heterocycles. The molecule has 2 N–H and O–H groups in total. The molecule has 0 aromatic heterocycles. The van der Waals surface area contributed by atoms with Crippen LogP contribution in [0, 0.1) is 5.92 Å². The molecule has 1 saturated carbocycles. The van der Waals surface area contributed by atoms with Crippen molar-refractivity contribution in [3.63, 3.8) is 0 Å². The highest BCUT2D eigenvalue weighted by atomic mass is 16.3. The van der Waals surface area contributed by atoms with E-state index < -0.39 is 5.60 Å². The number of carbonyl (C=O) groups excluding carboxylic acids is 1. The average molecular weight is 199 g/mol. The topological polar surface area (TPSA) is 49.3 Å². The van der Waals surface area contributed by atoms with Gasteiger partial charge in [-0.15, -0.1) is 0 Å². The van der Waals surface area contributed by atoms with Crippen molar-refractivity contribution in [1.82, 2.24) is 5.32 Å². The van der Waals surface area contributed by atoms with Crippen LogP contribution in [0.25, 0.3) is 0 Å². The van der Waals surface area contributed by atoms with E-state index in [-0.39, 0.29) is 11.8 Å². The summed E-state index contributed by atoms with van der Waals surface area (Å²) in [5.41, 5.74) is -0.678. The highest BCUT2D eigenvalue weighted by Gasteiger charge is 2.22. The molecule has 1 amide bonds. The van der Waals surface area contributed by atoms with Gasteiger partial charge in [-0.1, -0.05) is 12.8 Å². The Bertz CT molecular complexity index is 190. The molecular weight excluding hydrogens is 178 g/mol. The van der Waals surface area contributed by atoms with Crippen molar-refractivity contribution >= 4 is 5.91 Å². The minimum absolute atomic E-state index is 0.173. The van der Waals surface area contributed by atoms with Crippen molar-refractivity contribution in [2.75, 3.05) is 6.54 Å². The van der Waals surface area contributed by atoms with Crippen LogP contribution in [0.1, 0.15) is 46.0 Å². The molecule has 0 aromatic carbocycles. The molecular formula is C11H21NO2. The van der Waals surface area contributed by atoms with Gasteiger partial charge in [0.05, 0.1) is 5.60 Å². The van der Waals surface area contributed by atoms with Crippen molar-refractivity contribution in [2.45, 2.75) is 51.6 Å². The molecule has 0 spiro atoms. The Balaban J connectivity index is 2.15. The molecule has 0 heterocycles. The highest BCUT2D eigenvalue weighted by Crippen LogP contribution is 2.24. The molecule has 0 unspecified atom stereocenters. The summed E-state index contributed by atoms with van der Waals surface area (Å²) in [5.74, 6) is 0.406. The predicted octanol–water partition coefficient (Wildman–Crippen LogP) is 1.45. The fraction of sp³-hybridized carbons (Fsp3) is 0.909. The number of hydrogen-bond donors (Lipinski definition) is 2. The van der Waals surface area contributed by atoms with E-state index in [0.29, 0.717) is 13.0 Å². The average Bonchev–Trinajstić information content (AvgIpc) is 2.53. The molecule has 0 aromatic rings. The fourth-order valence-electron chi connectivity index (χ4n) is 1.82. The SMILES string of the molecule is CC(C)(O)CCNC(=O)C1CCCC1. The molecule has 82 valence electrons. The molecule has 0 saturated heterocycles. The lowest BCUT2D eigenvalue weighted by atomic mass is 10.0. The Morgan fingerprint density at radius 2 is 2.00 bits per heavy atom. The molecule has 1 aliphatic rings. The summed E-state index contributed by atoms with van der Waals surface area (Å²) < 4.78 is 0. The molecule has 3 heteroatoms. The monoisotopic (exact) mass is 199 g/mol. The largest absolute Gasteiger partial charge is 0.390 e. The van der Waals surface area contributed by atoms with Gasteiger partial charge in [0, 0.05) is 12.5 Å². The number of amides is 1. The van der Waals surface area contributed by atoms with Gasteiger partial charge in [-0.3, -0.25) is 4.79 Å². The van der Waals surface area contributed by atoms with Crippen molar-refractivity contribution < 1.29 is 9.90 Å². The zero-order valence-electron chi connectivity index (χ0n) is 9.18. The van der Waals surface area contributed by atoms with Gasteiger partial charge in [0.1, 0.15) is 0 Å². The third-order valence-electron chi connectivity index (χ3n) is 2.76. The van der Waals surface area contributed by atoms with E-state index in [1.807, 2.05) is 0 Å². The third-order valence-corrected chi connectivity index (χ3v) is 2.76. The van der Waals surface area contributed by atoms with E-state index in [9.17, 15) is 9.90 Å². The van der Waals surface area contributed by atoms with Crippen LogP contribution in [-0.2, 0) is 4.79 Å². The van der Waals surface area contributed by atoms with E-state index in [0.717, 1.165) is 12.8 Å². The van der Waals surface area contributed by atoms with Crippen LogP contribution in [0.2, 0.25) is 0 Å². The van der Waals surface area contributed by atoms with Crippen LogP contribution in [0.4, 0.5) is 0 Å². The van der Waals surface area contributed by atoms with E-state index in [4.69, 9.17) is 0 Å². The number of nitrogens with one attached hydrogen (secondary N) is 1. The summed E-state index contributed by atoms with van der Waals surface area (Å²) in [6.07, 6.45) is 5.06. The smallest absolute Gasteiger partial charge is 0.223 e. The Morgan fingerprint density at radius 1 is 1.43 bits per heavy atom. The minimum atomic E-state index is -0.678. The van der Waals surface area contributed by atoms with Crippen molar-refractivity contribution in [3.05, 3.63) is 0 Å². The lowest BCUT2D eigenvalue weighted by Gasteiger charge is -2.18. The van der Waals surface area contributed by atoms with Gasteiger partial charge in [-0.25, -0.2) is 0 Å². The lowest BCUT2D eigenvalue weighted by molar-refractivity contribution is -0.124. The number of aliphatic hydroxyl groups is 1. The van der Waals surface area contributed by atoms with Crippen LogP contribution >= 0.6 is 0 Å². The van der Waals surface area contributed by atoms with Crippen LogP contribution in [-0.4, -0.2) is 23.2 Å². The second-order valence-corrected chi connectivity index (χ2v) is 4.83. The van der Waals surface area contributed by atoms with Crippen molar-refractivity contribution in [3.8, 4) is 0 Å². The van der Waals surface area contributed by atoms with Crippen molar-refractivity contribution in [2.24, 2.45) is 5.92 Å². The van der Waals surface area contributed by atoms with E-state index in [1.165, 1.54) is 12.8 Å².